The Kier molecular flexibility index (Phi) is 5.53. The van der Waals surface area contributed by atoms with Crippen LogP contribution in [0.5, 0.6) is 0 Å². The van der Waals surface area contributed by atoms with Gasteiger partial charge in [0.2, 0.25) is 0 Å². The summed E-state index contributed by atoms with van der Waals surface area (Å²) < 4.78 is 6.08. The third-order valence-electron chi connectivity index (χ3n) is 5.50. The zero-order chi connectivity index (χ0) is 14.8. The van der Waals surface area contributed by atoms with Gasteiger partial charge in [-0.25, -0.2) is 0 Å². The zero-order valence-electron chi connectivity index (χ0n) is 14.2. The molecule has 0 aromatic carbocycles. The molecule has 2 aliphatic carbocycles. The van der Waals surface area contributed by atoms with Crippen molar-refractivity contribution in [1.82, 2.24) is 5.32 Å². The molecule has 0 aromatic rings. The molecule has 20 heavy (non-hydrogen) atoms. The summed E-state index contributed by atoms with van der Waals surface area (Å²) in [5.41, 5.74) is 0.298. The lowest BCUT2D eigenvalue weighted by atomic mass is 9.64. The van der Waals surface area contributed by atoms with Gasteiger partial charge in [-0.3, -0.25) is 0 Å². The molecule has 0 aliphatic heterocycles. The quantitative estimate of drug-likeness (QED) is 0.755. The second kappa shape index (κ2) is 6.79. The highest BCUT2D eigenvalue weighted by molar-refractivity contribution is 5.03. The molecule has 4 atom stereocenters. The minimum atomic E-state index is 0.298. The van der Waals surface area contributed by atoms with Gasteiger partial charge in [0, 0.05) is 24.1 Å². The normalized spacial score (nSPS) is 37.5. The summed E-state index contributed by atoms with van der Waals surface area (Å²) in [5, 5.41) is 3.94. The Bertz CT molecular complexity index is 300. The summed E-state index contributed by atoms with van der Waals surface area (Å²) in [4.78, 5) is 0. The SMILES string of the molecule is CC(C)COC1CC(NC2CCCC(C)CC2)C1(C)C. The first-order chi connectivity index (χ1) is 9.39. The van der Waals surface area contributed by atoms with E-state index in [2.05, 4.69) is 39.9 Å². The molecule has 0 spiro atoms. The van der Waals surface area contributed by atoms with E-state index in [1.54, 1.807) is 0 Å². The molecular weight excluding hydrogens is 246 g/mol. The van der Waals surface area contributed by atoms with Crippen molar-refractivity contribution in [2.45, 2.75) is 91.3 Å². The van der Waals surface area contributed by atoms with Crippen molar-refractivity contribution in [2.24, 2.45) is 17.3 Å². The average Bonchev–Trinajstić information content (AvgIpc) is 2.57. The molecule has 118 valence electrons. The Labute approximate surface area is 126 Å². The molecular formula is C18H35NO. The molecule has 2 heteroatoms. The van der Waals surface area contributed by atoms with Crippen LogP contribution in [0.4, 0.5) is 0 Å². The molecule has 2 rings (SSSR count). The van der Waals surface area contributed by atoms with Crippen LogP contribution in [-0.4, -0.2) is 24.8 Å². The van der Waals surface area contributed by atoms with Gasteiger partial charge in [0.05, 0.1) is 6.10 Å². The minimum Gasteiger partial charge on any atom is -0.377 e. The Morgan fingerprint density at radius 2 is 1.90 bits per heavy atom. The van der Waals surface area contributed by atoms with Gasteiger partial charge in [-0.1, -0.05) is 47.5 Å². The predicted octanol–water partition coefficient (Wildman–Crippen LogP) is 4.38. The fourth-order valence-corrected chi connectivity index (χ4v) is 3.70. The van der Waals surface area contributed by atoms with Gasteiger partial charge < -0.3 is 10.1 Å². The van der Waals surface area contributed by atoms with Gasteiger partial charge in [0.25, 0.3) is 0 Å². The Morgan fingerprint density at radius 1 is 1.15 bits per heavy atom. The van der Waals surface area contributed by atoms with E-state index in [9.17, 15) is 0 Å². The number of hydrogen-bond donors (Lipinski definition) is 1. The first kappa shape index (κ1) is 16.3. The lowest BCUT2D eigenvalue weighted by Crippen LogP contribution is -2.62. The highest BCUT2D eigenvalue weighted by atomic mass is 16.5. The van der Waals surface area contributed by atoms with Crippen molar-refractivity contribution in [3.63, 3.8) is 0 Å². The van der Waals surface area contributed by atoms with Crippen LogP contribution < -0.4 is 5.32 Å². The number of rotatable bonds is 5. The van der Waals surface area contributed by atoms with Crippen molar-refractivity contribution >= 4 is 0 Å². The summed E-state index contributed by atoms with van der Waals surface area (Å²) in [6, 6.07) is 1.40. The standard InChI is InChI=1S/C18H35NO/c1-13(2)12-20-17-11-16(18(17,4)5)19-15-8-6-7-14(3)9-10-15/h13-17,19H,6-12H2,1-5H3. The zero-order valence-corrected chi connectivity index (χ0v) is 14.2. The topological polar surface area (TPSA) is 21.3 Å². The number of nitrogens with one attached hydrogen (secondary N) is 1. The molecule has 4 unspecified atom stereocenters. The molecule has 1 N–H and O–H groups in total. The van der Waals surface area contributed by atoms with Crippen LogP contribution in [0.3, 0.4) is 0 Å². The fraction of sp³-hybridized carbons (Fsp3) is 1.00. The number of hydrogen-bond acceptors (Lipinski definition) is 2. The molecule has 0 amide bonds. The van der Waals surface area contributed by atoms with Crippen LogP contribution in [0, 0.1) is 17.3 Å². The van der Waals surface area contributed by atoms with E-state index < -0.39 is 0 Å². The maximum absolute atomic E-state index is 6.08. The van der Waals surface area contributed by atoms with Crippen molar-refractivity contribution < 1.29 is 4.74 Å². The Hall–Kier alpha value is -0.0800. The van der Waals surface area contributed by atoms with Crippen molar-refractivity contribution in [2.75, 3.05) is 6.61 Å². The second-order valence-electron chi connectivity index (χ2n) is 8.30. The molecule has 2 aliphatic rings. The predicted molar refractivity (Wildman–Crippen MR) is 85.9 cm³/mol. The van der Waals surface area contributed by atoms with Gasteiger partial charge in [-0.2, -0.15) is 0 Å². The van der Waals surface area contributed by atoms with Crippen molar-refractivity contribution in [1.29, 1.82) is 0 Å². The van der Waals surface area contributed by atoms with Gasteiger partial charge in [0.15, 0.2) is 0 Å². The van der Waals surface area contributed by atoms with Crippen LogP contribution >= 0.6 is 0 Å². The van der Waals surface area contributed by atoms with Crippen molar-refractivity contribution in [3.8, 4) is 0 Å². The highest BCUT2D eigenvalue weighted by Gasteiger charge is 2.49. The van der Waals surface area contributed by atoms with E-state index in [4.69, 9.17) is 4.74 Å². The van der Waals surface area contributed by atoms with Gasteiger partial charge >= 0.3 is 0 Å². The summed E-state index contributed by atoms with van der Waals surface area (Å²) >= 11 is 0. The van der Waals surface area contributed by atoms with E-state index in [0.29, 0.717) is 23.5 Å². The molecule has 0 saturated heterocycles. The van der Waals surface area contributed by atoms with Crippen LogP contribution in [0.1, 0.15) is 73.1 Å². The molecule has 0 aromatic heterocycles. The molecule has 2 nitrogen and oxygen atoms in total. The summed E-state index contributed by atoms with van der Waals surface area (Å²) in [7, 11) is 0. The molecule has 2 saturated carbocycles. The largest absolute Gasteiger partial charge is 0.377 e. The van der Waals surface area contributed by atoms with Crippen LogP contribution in [0.15, 0.2) is 0 Å². The first-order valence-electron chi connectivity index (χ1n) is 8.77. The van der Waals surface area contributed by atoms with Crippen LogP contribution in [-0.2, 0) is 4.74 Å². The Morgan fingerprint density at radius 3 is 2.55 bits per heavy atom. The molecule has 2 fully saturated rings. The van der Waals surface area contributed by atoms with E-state index in [1.807, 2.05) is 0 Å². The van der Waals surface area contributed by atoms with Crippen molar-refractivity contribution in [3.05, 3.63) is 0 Å². The maximum Gasteiger partial charge on any atom is 0.0656 e. The Balaban J connectivity index is 1.77. The lowest BCUT2D eigenvalue weighted by Gasteiger charge is -2.53. The van der Waals surface area contributed by atoms with E-state index >= 15 is 0 Å². The van der Waals surface area contributed by atoms with E-state index in [1.165, 1.54) is 38.5 Å². The average molecular weight is 281 g/mol. The van der Waals surface area contributed by atoms with Crippen LogP contribution in [0.25, 0.3) is 0 Å². The third-order valence-corrected chi connectivity index (χ3v) is 5.50. The van der Waals surface area contributed by atoms with E-state index in [-0.39, 0.29) is 0 Å². The molecule has 0 heterocycles. The van der Waals surface area contributed by atoms with Crippen LogP contribution in [0.2, 0.25) is 0 Å². The first-order valence-corrected chi connectivity index (χ1v) is 8.77. The molecule has 0 radical (unpaired) electrons. The smallest absolute Gasteiger partial charge is 0.0656 e. The van der Waals surface area contributed by atoms with Gasteiger partial charge in [-0.05, 0) is 37.5 Å². The summed E-state index contributed by atoms with van der Waals surface area (Å²) in [6.07, 6.45) is 8.61. The molecule has 0 bridgehead atoms. The van der Waals surface area contributed by atoms with Gasteiger partial charge in [-0.15, -0.1) is 0 Å². The lowest BCUT2D eigenvalue weighted by molar-refractivity contribution is -0.126. The van der Waals surface area contributed by atoms with Gasteiger partial charge in [0.1, 0.15) is 0 Å². The fourth-order valence-electron chi connectivity index (χ4n) is 3.70. The monoisotopic (exact) mass is 281 g/mol. The minimum absolute atomic E-state index is 0.298. The summed E-state index contributed by atoms with van der Waals surface area (Å²) in [5.74, 6) is 1.57. The highest BCUT2D eigenvalue weighted by Crippen LogP contribution is 2.43. The third kappa shape index (κ3) is 3.98. The maximum atomic E-state index is 6.08. The number of ether oxygens (including phenoxy) is 1. The summed E-state index contributed by atoms with van der Waals surface area (Å²) in [6.45, 7) is 12.5. The second-order valence-corrected chi connectivity index (χ2v) is 8.30. The van der Waals surface area contributed by atoms with E-state index in [0.717, 1.165) is 18.6 Å².